The third-order valence-corrected chi connectivity index (χ3v) is 2.26. The van der Waals surface area contributed by atoms with Crippen molar-refractivity contribution in [3.8, 4) is 5.75 Å². The van der Waals surface area contributed by atoms with Crippen molar-refractivity contribution >= 4 is 11.9 Å². The number of hydrogen-bond donors (Lipinski definition) is 0. The van der Waals surface area contributed by atoms with Crippen LogP contribution in [-0.4, -0.2) is 23.3 Å². The van der Waals surface area contributed by atoms with Crippen LogP contribution in [0, 0.1) is 0 Å². The summed E-state index contributed by atoms with van der Waals surface area (Å²) in [7, 11) is 1.64. The van der Waals surface area contributed by atoms with Gasteiger partial charge in [0, 0.05) is 25.0 Å². The van der Waals surface area contributed by atoms with Crippen molar-refractivity contribution in [2.24, 2.45) is 4.99 Å². The summed E-state index contributed by atoms with van der Waals surface area (Å²) in [6.45, 7) is 0. The number of ether oxygens (including phenoxy) is 1. The van der Waals surface area contributed by atoms with Crippen LogP contribution in [-0.2, 0) is 6.42 Å². The highest BCUT2D eigenvalue weighted by molar-refractivity contribution is 5.68. The van der Waals surface area contributed by atoms with Gasteiger partial charge in [-0.2, -0.15) is 0 Å². The molecule has 0 N–H and O–H groups in total. The zero-order valence-electron chi connectivity index (χ0n) is 9.58. The average molecular weight is 227 g/mol. The van der Waals surface area contributed by atoms with E-state index in [-0.39, 0.29) is 0 Å². The Hall–Kier alpha value is -2.23. The van der Waals surface area contributed by atoms with Gasteiger partial charge < -0.3 is 4.74 Å². The van der Waals surface area contributed by atoms with E-state index in [0.717, 1.165) is 17.0 Å². The van der Waals surface area contributed by atoms with Gasteiger partial charge in [-0.25, -0.2) is 9.97 Å². The highest BCUT2D eigenvalue weighted by atomic mass is 16.5. The Morgan fingerprint density at radius 3 is 2.76 bits per heavy atom. The number of benzene rings is 1. The lowest BCUT2D eigenvalue weighted by Gasteiger charge is -2.02. The van der Waals surface area contributed by atoms with E-state index >= 15 is 0 Å². The molecule has 2 rings (SSSR count). The molecule has 2 aromatic rings. The lowest BCUT2D eigenvalue weighted by Crippen LogP contribution is -1.89. The predicted octanol–water partition coefficient (Wildman–Crippen LogP) is 2.43. The van der Waals surface area contributed by atoms with E-state index in [0.29, 0.717) is 6.42 Å². The number of aliphatic imine (C=N–C) groups is 1. The molecule has 17 heavy (non-hydrogen) atoms. The lowest BCUT2D eigenvalue weighted by atomic mass is 10.2. The maximum absolute atomic E-state index is 5.21. The SMILES string of the molecule is COc1ccccc1N=CCc1cncnc1. The quantitative estimate of drug-likeness (QED) is 0.754. The third kappa shape index (κ3) is 3.11. The van der Waals surface area contributed by atoms with Gasteiger partial charge in [0.05, 0.1) is 7.11 Å². The maximum Gasteiger partial charge on any atom is 0.144 e. The molecular weight excluding hydrogens is 214 g/mol. The molecule has 0 aliphatic heterocycles. The van der Waals surface area contributed by atoms with E-state index < -0.39 is 0 Å². The topological polar surface area (TPSA) is 47.4 Å². The zero-order valence-corrected chi connectivity index (χ0v) is 9.58. The van der Waals surface area contributed by atoms with Gasteiger partial charge in [0.1, 0.15) is 17.8 Å². The van der Waals surface area contributed by atoms with Gasteiger partial charge in [0.2, 0.25) is 0 Å². The molecule has 1 heterocycles. The summed E-state index contributed by atoms with van der Waals surface area (Å²) < 4.78 is 5.21. The van der Waals surface area contributed by atoms with Gasteiger partial charge in [0.25, 0.3) is 0 Å². The molecule has 0 spiro atoms. The van der Waals surface area contributed by atoms with Crippen LogP contribution in [0.4, 0.5) is 5.69 Å². The minimum absolute atomic E-state index is 0.707. The molecule has 0 amide bonds. The molecule has 1 aromatic heterocycles. The summed E-state index contributed by atoms with van der Waals surface area (Å²) in [4.78, 5) is 12.3. The Balaban J connectivity index is 2.06. The Morgan fingerprint density at radius 2 is 2.00 bits per heavy atom. The summed E-state index contributed by atoms with van der Waals surface area (Å²) >= 11 is 0. The zero-order chi connectivity index (χ0) is 11.9. The Kier molecular flexibility index (Phi) is 3.81. The second-order valence-electron chi connectivity index (χ2n) is 3.43. The minimum Gasteiger partial charge on any atom is -0.494 e. The van der Waals surface area contributed by atoms with Crippen molar-refractivity contribution in [3.63, 3.8) is 0 Å². The maximum atomic E-state index is 5.21. The standard InChI is InChI=1S/C13H13N3O/c1-17-13-5-3-2-4-12(13)16-7-6-11-8-14-10-15-9-11/h2-5,7-10H,6H2,1H3. The molecule has 0 unspecified atom stereocenters. The van der Waals surface area contributed by atoms with Crippen molar-refractivity contribution in [1.29, 1.82) is 0 Å². The van der Waals surface area contributed by atoms with Crippen LogP contribution in [0.1, 0.15) is 5.56 Å². The summed E-state index contributed by atoms with van der Waals surface area (Å²) in [5.74, 6) is 0.771. The summed E-state index contributed by atoms with van der Waals surface area (Å²) in [5, 5.41) is 0. The van der Waals surface area contributed by atoms with Crippen LogP contribution in [0.15, 0.2) is 48.0 Å². The van der Waals surface area contributed by atoms with Crippen molar-refractivity contribution in [2.45, 2.75) is 6.42 Å². The van der Waals surface area contributed by atoms with Crippen molar-refractivity contribution < 1.29 is 4.74 Å². The van der Waals surface area contributed by atoms with Gasteiger partial charge >= 0.3 is 0 Å². The third-order valence-electron chi connectivity index (χ3n) is 2.26. The first kappa shape index (κ1) is 11.3. The number of methoxy groups -OCH3 is 1. The second-order valence-corrected chi connectivity index (χ2v) is 3.43. The van der Waals surface area contributed by atoms with Gasteiger partial charge in [-0.3, -0.25) is 4.99 Å². The molecule has 86 valence electrons. The molecule has 0 saturated carbocycles. The van der Waals surface area contributed by atoms with E-state index in [9.17, 15) is 0 Å². The molecule has 0 aliphatic rings. The number of hydrogen-bond acceptors (Lipinski definition) is 4. The summed E-state index contributed by atoms with van der Waals surface area (Å²) in [6.07, 6.45) is 7.61. The van der Waals surface area contributed by atoms with Gasteiger partial charge in [-0.1, -0.05) is 12.1 Å². The summed E-state index contributed by atoms with van der Waals surface area (Å²) in [5.41, 5.74) is 1.86. The van der Waals surface area contributed by atoms with Crippen LogP contribution in [0.25, 0.3) is 0 Å². The number of rotatable bonds is 4. The van der Waals surface area contributed by atoms with Crippen LogP contribution < -0.4 is 4.74 Å². The van der Waals surface area contributed by atoms with Crippen molar-refractivity contribution in [2.75, 3.05) is 7.11 Å². The molecule has 0 aliphatic carbocycles. The fourth-order valence-corrected chi connectivity index (χ4v) is 1.42. The van der Waals surface area contributed by atoms with E-state index in [2.05, 4.69) is 15.0 Å². The molecule has 4 heteroatoms. The fourth-order valence-electron chi connectivity index (χ4n) is 1.42. The van der Waals surface area contributed by atoms with Crippen molar-refractivity contribution in [1.82, 2.24) is 9.97 Å². The molecule has 0 bridgehead atoms. The smallest absolute Gasteiger partial charge is 0.144 e. The highest BCUT2D eigenvalue weighted by Crippen LogP contribution is 2.25. The van der Waals surface area contributed by atoms with Crippen LogP contribution in [0.2, 0.25) is 0 Å². The largest absolute Gasteiger partial charge is 0.494 e. The van der Waals surface area contributed by atoms with Crippen LogP contribution in [0.5, 0.6) is 5.75 Å². The summed E-state index contributed by atoms with van der Waals surface area (Å²) in [6, 6.07) is 7.65. The highest BCUT2D eigenvalue weighted by Gasteiger charge is 1.97. The van der Waals surface area contributed by atoms with Gasteiger partial charge in [-0.05, 0) is 17.7 Å². The van der Waals surface area contributed by atoms with E-state index in [4.69, 9.17) is 4.74 Å². The normalized spacial score (nSPS) is 10.6. The number of para-hydroxylation sites is 2. The van der Waals surface area contributed by atoms with E-state index in [1.165, 1.54) is 6.33 Å². The average Bonchev–Trinajstić information content (AvgIpc) is 2.40. The molecule has 0 radical (unpaired) electrons. The molecular formula is C13H13N3O. The van der Waals surface area contributed by atoms with Crippen LogP contribution >= 0.6 is 0 Å². The van der Waals surface area contributed by atoms with Gasteiger partial charge in [-0.15, -0.1) is 0 Å². The Bertz CT molecular complexity index is 497. The lowest BCUT2D eigenvalue weighted by molar-refractivity contribution is 0.416. The molecule has 0 saturated heterocycles. The van der Waals surface area contributed by atoms with Crippen molar-refractivity contribution in [3.05, 3.63) is 48.5 Å². The van der Waals surface area contributed by atoms with Crippen LogP contribution in [0.3, 0.4) is 0 Å². The molecule has 0 atom stereocenters. The fraction of sp³-hybridized carbons (Fsp3) is 0.154. The first-order valence-electron chi connectivity index (χ1n) is 5.29. The Morgan fingerprint density at radius 1 is 1.24 bits per heavy atom. The molecule has 1 aromatic carbocycles. The number of nitrogens with zero attached hydrogens (tertiary/aromatic N) is 3. The minimum atomic E-state index is 0.707. The number of aromatic nitrogens is 2. The van der Waals surface area contributed by atoms with E-state index in [1.54, 1.807) is 19.5 Å². The first-order valence-corrected chi connectivity index (χ1v) is 5.29. The van der Waals surface area contributed by atoms with Gasteiger partial charge in [0.15, 0.2) is 0 Å². The molecule has 4 nitrogen and oxygen atoms in total. The second kappa shape index (κ2) is 5.75. The Labute approximate surface area is 100 Å². The van der Waals surface area contributed by atoms with E-state index in [1.807, 2.05) is 30.5 Å². The predicted molar refractivity (Wildman–Crippen MR) is 66.9 cm³/mol. The monoisotopic (exact) mass is 227 g/mol. The molecule has 0 fully saturated rings. The first-order chi connectivity index (χ1) is 8.40.